The van der Waals surface area contributed by atoms with Crippen LogP contribution < -0.4 is 14.8 Å². The van der Waals surface area contributed by atoms with E-state index < -0.39 is 0 Å². The van der Waals surface area contributed by atoms with Gasteiger partial charge in [0.25, 0.3) is 0 Å². The van der Waals surface area contributed by atoms with Crippen molar-refractivity contribution in [3.05, 3.63) is 24.5 Å². The number of hydrogen-bond donors (Lipinski definition) is 1. The maximum Gasteiger partial charge on any atom is 0.322 e. The van der Waals surface area contributed by atoms with Gasteiger partial charge in [-0.1, -0.05) is 0 Å². The van der Waals surface area contributed by atoms with Crippen molar-refractivity contribution in [2.45, 2.75) is 13.5 Å². The molecule has 28 heavy (non-hydrogen) atoms. The molecule has 11 heteroatoms. The molecular weight excluding hydrogens is 366 g/mol. The molecule has 0 bridgehead atoms. The van der Waals surface area contributed by atoms with Gasteiger partial charge in [-0.05, 0) is 29.5 Å². The number of tetrazole rings is 1. The zero-order valence-corrected chi connectivity index (χ0v) is 15.9. The largest absolute Gasteiger partial charge is 0.497 e. The maximum absolute atomic E-state index is 12.6. The number of amides is 3. The number of carbonyl (C=O) groups is 2. The third-order valence-electron chi connectivity index (χ3n) is 4.34. The molecule has 0 saturated carbocycles. The minimum atomic E-state index is -0.248. The van der Waals surface area contributed by atoms with Gasteiger partial charge in [0, 0.05) is 32.2 Å². The molecule has 3 rings (SSSR count). The predicted molar refractivity (Wildman–Crippen MR) is 99.2 cm³/mol. The highest BCUT2D eigenvalue weighted by Crippen LogP contribution is 2.29. The third-order valence-corrected chi connectivity index (χ3v) is 4.34. The number of nitrogens with one attached hydrogen (secondary N) is 1. The lowest BCUT2D eigenvalue weighted by Gasteiger charge is -2.34. The van der Waals surface area contributed by atoms with E-state index in [9.17, 15) is 9.59 Å². The van der Waals surface area contributed by atoms with Crippen LogP contribution in [0, 0.1) is 0 Å². The second kappa shape index (κ2) is 9.02. The van der Waals surface area contributed by atoms with Gasteiger partial charge in [0.1, 0.15) is 24.4 Å². The zero-order chi connectivity index (χ0) is 19.9. The van der Waals surface area contributed by atoms with Crippen molar-refractivity contribution >= 4 is 17.6 Å². The molecule has 0 aliphatic carbocycles. The van der Waals surface area contributed by atoms with E-state index in [1.807, 2.05) is 6.92 Å². The summed E-state index contributed by atoms with van der Waals surface area (Å²) in [7, 11) is 1.56. The quantitative estimate of drug-likeness (QED) is 0.763. The Hall–Kier alpha value is -3.37. The van der Waals surface area contributed by atoms with E-state index >= 15 is 0 Å². The first-order valence-electron chi connectivity index (χ1n) is 8.96. The number of piperazine rings is 1. The molecule has 150 valence electrons. The summed E-state index contributed by atoms with van der Waals surface area (Å²) in [5, 5.41) is 13.6. The van der Waals surface area contributed by atoms with Gasteiger partial charge in [-0.25, -0.2) is 9.48 Å². The van der Waals surface area contributed by atoms with E-state index in [0.717, 1.165) is 0 Å². The molecule has 0 spiro atoms. The van der Waals surface area contributed by atoms with E-state index in [1.165, 1.54) is 11.0 Å². The van der Waals surface area contributed by atoms with Crippen LogP contribution in [0.3, 0.4) is 0 Å². The predicted octanol–water partition coefficient (Wildman–Crippen LogP) is 0.457. The summed E-state index contributed by atoms with van der Waals surface area (Å²) >= 11 is 0. The normalized spacial score (nSPS) is 13.9. The van der Waals surface area contributed by atoms with E-state index in [-0.39, 0.29) is 18.5 Å². The van der Waals surface area contributed by atoms with Crippen molar-refractivity contribution < 1.29 is 19.1 Å². The molecule has 2 heterocycles. The first-order valence-corrected chi connectivity index (χ1v) is 8.96. The Balaban J connectivity index is 1.56. The minimum absolute atomic E-state index is 0.0841. The molecule has 3 amide bonds. The Kier molecular flexibility index (Phi) is 6.25. The summed E-state index contributed by atoms with van der Waals surface area (Å²) in [5.74, 6) is 1.11. The van der Waals surface area contributed by atoms with Crippen LogP contribution in [0.2, 0.25) is 0 Å². The number of carbonyl (C=O) groups excluding carboxylic acids is 2. The van der Waals surface area contributed by atoms with Crippen LogP contribution in [0.25, 0.3) is 0 Å². The zero-order valence-electron chi connectivity index (χ0n) is 15.9. The molecule has 1 fully saturated rings. The van der Waals surface area contributed by atoms with Gasteiger partial charge >= 0.3 is 6.03 Å². The van der Waals surface area contributed by atoms with E-state index in [0.29, 0.717) is 50.0 Å². The smallest absolute Gasteiger partial charge is 0.322 e. The number of ether oxygens (including phenoxy) is 2. The highest BCUT2D eigenvalue weighted by atomic mass is 16.5. The van der Waals surface area contributed by atoms with Crippen molar-refractivity contribution in [2.24, 2.45) is 0 Å². The fraction of sp³-hybridized carbons (Fsp3) is 0.471. The molecule has 0 radical (unpaired) electrons. The number of methoxy groups -OCH3 is 1. The van der Waals surface area contributed by atoms with Crippen LogP contribution in [0.1, 0.15) is 6.92 Å². The van der Waals surface area contributed by atoms with Crippen LogP contribution in [0.15, 0.2) is 24.5 Å². The van der Waals surface area contributed by atoms with Gasteiger partial charge in [-0.15, -0.1) is 5.10 Å². The summed E-state index contributed by atoms with van der Waals surface area (Å²) in [6, 6.07) is 5.00. The van der Waals surface area contributed by atoms with Crippen molar-refractivity contribution in [3.8, 4) is 11.5 Å². The number of benzene rings is 1. The molecule has 1 aromatic carbocycles. The van der Waals surface area contributed by atoms with E-state index in [4.69, 9.17) is 9.47 Å². The standard InChI is InChI=1S/C17H23N7O4/c1-3-28-15-5-4-13(27-2)10-14(15)19-17(26)23-8-6-22(7-9-23)16(25)11-24-12-18-20-21-24/h4-5,10,12H,3,6-9,11H2,1-2H3,(H,19,26). The van der Waals surface area contributed by atoms with Crippen molar-refractivity contribution in [1.29, 1.82) is 0 Å². The van der Waals surface area contributed by atoms with Gasteiger partial charge in [0.15, 0.2) is 0 Å². The second-order valence-electron chi connectivity index (χ2n) is 6.10. The molecule has 2 aromatic rings. The van der Waals surface area contributed by atoms with Gasteiger partial charge in [-0.2, -0.15) is 0 Å². The van der Waals surface area contributed by atoms with Crippen molar-refractivity contribution in [2.75, 3.05) is 45.2 Å². The maximum atomic E-state index is 12.6. The Morgan fingerprint density at radius 1 is 1.18 bits per heavy atom. The van der Waals surface area contributed by atoms with Crippen LogP contribution in [-0.4, -0.2) is 81.8 Å². The van der Waals surface area contributed by atoms with E-state index in [2.05, 4.69) is 20.8 Å². The molecule has 1 saturated heterocycles. The Morgan fingerprint density at radius 2 is 1.93 bits per heavy atom. The van der Waals surface area contributed by atoms with Crippen molar-refractivity contribution in [3.63, 3.8) is 0 Å². The first kappa shape index (κ1) is 19.4. The lowest BCUT2D eigenvalue weighted by molar-refractivity contribution is -0.133. The SMILES string of the molecule is CCOc1ccc(OC)cc1NC(=O)N1CCN(C(=O)Cn2cnnn2)CC1. The summed E-state index contributed by atoms with van der Waals surface area (Å²) < 4.78 is 12.2. The number of urea groups is 1. The Bertz CT molecular complexity index is 804. The molecule has 1 aliphatic rings. The average Bonchev–Trinajstić information content (AvgIpc) is 3.22. The van der Waals surface area contributed by atoms with Gasteiger partial charge in [-0.3, -0.25) is 4.79 Å². The van der Waals surface area contributed by atoms with Gasteiger partial charge < -0.3 is 24.6 Å². The van der Waals surface area contributed by atoms with Crippen molar-refractivity contribution in [1.82, 2.24) is 30.0 Å². The first-order chi connectivity index (χ1) is 13.6. The van der Waals surface area contributed by atoms with Gasteiger partial charge in [0.2, 0.25) is 5.91 Å². The number of anilines is 1. The molecule has 1 aromatic heterocycles. The average molecular weight is 389 g/mol. The number of aromatic nitrogens is 4. The number of nitrogens with zero attached hydrogens (tertiary/aromatic N) is 6. The topological polar surface area (TPSA) is 115 Å². The monoisotopic (exact) mass is 389 g/mol. The lowest BCUT2D eigenvalue weighted by atomic mass is 10.2. The van der Waals surface area contributed by atoms with Gasteiger partial charge in [0.05, 0.1) is 19.4 Å². The van der Waals surface area contributed by atoms with E-state index in [1.54, 1.807) is 35.1 Å². The summed E-state index contributed by atoms with van der Waals surface area (Å²) in [6.07, 6.45) is 1.39. The highest BCUT2D eigenvalue weighted by molar-refractivity contribution is 5.91. The minimum Gasteiger partial charge on any atom is -0.497 e. The molecular formula is C17H23N7O4. The Labute approximate surface area is 162 Å². The number of hydrogen-bond acceptors (Lipinski definition) is 7. The fourth-order valence-electron chi connectivity index (χ4n) is 2.86. The second-order valence-corrected chi connectivity index (χ2v) is 6.10. The highest BCUT2D eigenvalue weighted by Gasteiger charge is 2.25. The molecule has 1 N–H and O–H groups in total. The summed E-state index contributed by atoms with van der Waals surface area (Å²) in [4.78, 5) is 28.3. The fourth-order valence-corrected chi connectivity index (χ4v) is 2.86. The van der Waals surface area contributed by atoms with Crippen LogP contribution in [0.5, 0.6) is 11.5 Å². The van der Waals surface area contributed by atoms with Crippen LogP contribution >= 0.6 is 0 Å². The van der Waals surface area contributed by atoms with Crippen LogP contribution in [0.4, 0.5) is 10.5 Å². The third kappa shape index (κ3) is 4.67. The molecule has 1 aliphatic heterocycles. The molecule has 11 nitrogen and oxygen atoms in total. The summed E-state index contributed by atoms with van der Waals surface area (Å²) in [6.45, 7) is 4.21. The summed E-state index contributed by atoms with van der Waals surface area (Å²) in [5.41, 5.74) is 0.545. The van der Waals surface area contributed by atoms with Crippen LogP contribution in [-0.2, 0) is 11.3 Å². The number of rotatable bonds is 6. The molecule has 0 atom stereocenters. The molecule has 0 unspecified atom stereocenters. The lowest BCUT2D eigenvalue weighted by Crippen LogP contribution is -2.52. The Morgan fingerprint density at radius 3 is 2.57 bits per heavy atom.